The number of anilines is 3. The molecule has 0 aliphatic carbocycles. The summed E-state index contributed by atoms with van der Waals surface area (Å²) in [7, 11) is 0. The molecule has 58 heavy (non-hydrogen) atoms. The molecule has 0 atom stereocenters. The van der Waals surface area contributed by atoms with Crippen molar-refractivity contribution in [3.05, 3.63) is 231 Å². The molecule has 272 valence electrons. The van der Waals surface area contributed by atoms with E-state index in [9.17, 15) is 0 Å². The van der Waals surface area contributed by atoms with Crippen LogP contribution in [0.25, 0.3) is 82.4 Å². The molecule has 11 rings (SSSR count). The summed E-state index contributed by atoms with van der Waals surface area (Å²) in [5.74, 6) is 0. The van der Waals surface area contributed by atoms with Crippen molar-refractivity contribution >= 4 is 60.4 Å². The lowest BCUT2D eigenvalue weighted by Crippen LogP contribution is -2.11. The van der Waals surface area contributed by atoms with Crippen molar-refractivity contribution < 1.29 is 0 Å². The molecule has 1 aromatic heterocycles. The molecule has 11 aromatic rings. The first-order valence-electron chi connectivity index (χ1n) is 19.9. The van der Waals surface area contributed by atoms with E-state index in [1.807, 2.05) is 0 Å². The van der Waals surface area contributed by atoms with E-state index in [-0.39, 0.29) is 0 Å². The second kappa shape index (κ2) is 14.1. The second-order valence-corrected chi connectivity index (χ2v) is 15.0. The third-order valence-electron chi connectivity index (χ3n) is 11.5. The molecular weight excluding hydrogens is 701 g/mol. The summed E-state index contributed by atoms with van der Waals surface area (Å²) in [5, 5.41) is 7.34. The molecule has 0 aliphatic heterocycles. The van der Waals surface area contributed by atoms with Gasteiger partial charge in [0.05, 0.1) is 16.7 Å². The maximum Gasteiger partial charge on any atom is 0.0562 e. The fourth-order valence-electron chi connectivity index (χ4n) is 8.71. The van der Waals surface area contributed by atoms with E-state index in [1.54, 1.807) is 0 Å². The maximum absolute atomic E-state index is 2.47. The number of rotatable bonds is 7. The van der Waals surface area contributed by atoms with Crippen molar-refractivity contribution in [2.24, 2.45) is 0 Å². The van der Waals surface area contributed by atoms with Gasteiger partial charge < -0.3 is 9.47 Å². The summed E-state index contributed by atoms with van der Waals surface area (Å²) in [6.07, 6.45) is 0. The summed E-state index contributed by atoms with van der Waals surface area (Å²) in [4.78, 5) is 2.47. The zero-order valence-electron chi connectivity index (χ0n) is 31.8. The van der Waals surface area contributed by atoms with Crippen molar-refractivity contribution in [3.63, 3.8) is 0 Å². The van der Waals surface area contributed by atoms with Gasteiger partial charge >= 0.3 is 0 Å². The SMILES string of the molecule is c1ccc(-c2ccc(N(c3cc(-c4ccc5ccccc5c4)cc(-c4ccc5ccccc5c4)c3)c3cccc4c3c3ccccc3n4-c3ccccc3)cc2)cc1. The summed E-state index contributed by atoms with van der Waals surface area (Å²) in [6, 6.07) is 83.9. The van der Waals surface area contributed by atoms with Gasteiger partial charge in [0.2, 0.25) is 0 Å². The lowest BCUT2D eigenvalue weighted by molar-refractivity contribution is 1.18. The minimum absolute atomic E-state index is 1.09. The Hall–Kier alpha value is -7.68. The molecule has 0 spiro atoms. The first-order valence-corrected chi connectivity index (χ1v) is 19.9. The Morgan fingerprint density at radius 1 is 0.293 bits per heavy atom. The van der Waals surface area contributed by atoms with Crippen LogP contribution in [0.3, 0.4) is 0 Å². The zero-order chi connectivity index (χ0) is 38.4. The highest BCUT2D eigenvalue weighted by Gasteiger charge is 2.22. The molecule has 0 saturated heterocycles. The van der Waals surface area contributed by atoms with Gasteiger partial charge in [-0.05, 0) is 128 Å². The van der Waals surface area contributed by atoms with Crippen LogP contribution in [0.15, 0.2) is 231 Å². The predicted octanol–water partition coefficient (Wildman–Crippen LogP) is 15.6. The molecule has 0 aliphatic rings. The molecule has 10 aromatic carbocycles. The summed E-state index contributed by atoms with van der Waals surface area (Å²) in [5.41, 5.74) is 13.9. The Labute approximate surface area is 338 Å². The smallest absolute Gasteiger partial charge is 0.0562 e. The molecule has 0 saturated carbocycles. The molecule has 0 amide bonds. The molecular formula is C56H38N2. The number of fused-ring (bicyclic) bond motifs is 5. The van der Waals surface area contributed by atoms with Gasteiger partial charge in [-0.25, -0.2) is 0 Å². The highest BCUT2D eigenvalue weighted by molar-refractivity contribution is 6.16. The van der Waals surface area contributed by atoms with Crippen molar-refractivity contribution in [2.75, 3.05) is 4.90 Å². The van der Waals surface area contributed by atoms with Crippen LogP contribution in [0.5, 0.6) is 0 Å². The Bertz CT molecular complexity index is 3170. The highest BCUT2D eigenvalue weighted by atomic mass is 15.1. The van der Waals surface area contributed by atoms with Crippen LogP contribution in [0.4, 0.5) is 17.1 Å². The Kier molecular flexibility index (Phi) is 8.19. The Morgan fingerprint density at radius 2 is 0.810 bits per heavy atom. The number of hydrogen-bond donors (Lipinski definition) is 0. The van der Waals surface area contributed by atoms with Gasteiger partial charge in [0.15, 0.2) is 0 Å². The van der Waals surface area contributed by atoms with Gasteiger partial charge in [0.1, 0.15) is 0 Å². The molecule has 1 heterocycles. The van der Waals surface area contributed by atoms with E-state index in [0.29, 0.717) is 0 Å². The summed E-state index contributed by atoms with van der Waals surface area (Å²) < 4.78 is 2.40. The Morgan fingerprint density at radius 3 is 1.47 bits per heavy atom. The maximum atomic E-state index is 2.47. The summed E-state index contributed by atoms with van der Waals surface area (Å²) in [6.45, 7) is 0. The van der Waals surface area contributed by atoms with Gasteiger partial charge in [0, 0.05) is 27.8 Å². The van der Waals surface area contributed by atoms with E-state index in [0.717, 1.165) is 39.4 Å². The van der Waals surface area contributed by atoms with Crippen molar-refractivity contribution in [1.82, 2.24) is 4.57 Å². The van der Waals surface area contributed by atoms with Crippen LogP contribution in [0, 0.1) is 0 Å². The summed E-state index contributed by atoms with van der Waals surface area (Å²) >= 11 is 0. The molecule has 0 unspecified atom stereocenters. The third kappa shape index (κ3) is 5.91. The van der Waals surface area contributed by atoms with E-state index in [2.05, 4.69) is 240 Å². The number of hydrogen-bond acceptors (Lipinski definition) is 1. The van der Waals surface area contributed by atoms with Crippen LogP contribution >= 0.6 is 0 Å². The van der Waals surface area contributed by atoms with E-state index < -0.39 is 0 Å². The van der Waals surface area contributed by atoms with Crippen LogP contribution in [0.2, 0.25) is 0 Å². The fourth-order valence-corrected chi connectivity index (χ4v) is 8.71. The lowest BCUT2D eigenvalue weighted by Gasteiger charge is -2.28. The number of benzene rings is 10. The molecule has 0 bridgehead atoms. The fraction of sp³-hybridized carbons (Fsp3) is 0. The Balaban J connectivity index is 1.20. The first-order chi connectivity index (χ1) is 28.7. The van der Waals surface area contributed by atoms with E-state index >= 15 is 0 Å². The minimum atomic E-state index is 1.09. The van der Waals surface area contributed by atoms with E-state index in [4.69, 9.17) is 0 Å². The minimum Gasteiger partial charge on any atom is -0.310 e. The van der Waals surface area contributed by atoms with Crippen LogP contribution < -0.4 is 4.90 Å². The standard InChI is InChI=1S/C56H38N2/c1-3-14-39(15-4-1)42-30-32-50(33-31-42)57(54-24-13-25-55-56(54)52-22-11-12-23-53(52)58(55)49-20-5-2-6-21-49)51-37-47(45-28-26-40-16-7-9-18-43(40)34-45)36-48(38-51)46-29-27-41-17-8-10-19-44(41)35-46/h1-38H. The van der Waals surface area contributed by atoms with Gasteiger partial charge in [-0.15, -0.1) is 0 Å². The average molecular weight is 739 g/mol. The number of nitrogens with zero attached hydrogens (tertiary/aromatic N) is 2. The normalized spacial score (nSPS) is 11.4. The van der Waals surface area contributed by atoms with Crippen LogP contribution in [-0.4, -0.2) is 4.57 Å². The second-order valence-electron chi connectivity index (χ2n) is 15.0. The predicted molar refractivity (Wildman–Crippen MR) is 247 cm³/mol. The van der Waals surface area contributed by atoms with Crippen molar-refractivity contribution in [3.8, 4) is 39.1 Å². The quantitative estimate of drug-likeness (QED) is 0.158. The number of para-hydroxylation sites is 2. The zero-order valence-corrected chi connectivity index (χ0v) is 31.8. The largest absolute Gasteiger partial charge is 0.310 e. The van der Waals surface area contributed by atoms with Gasteiger partial charge in [0.25, 0.3) is 0 Å². The third-order valence-corrected chi connectivity index (χ3v) is 11.5. The molecule has 0 N–H and O–H groups in total. The lowest BCUT2D eigenvalue weighted by atomic mass is 9.94. The molecule has 0 fully saturated rings. The molecule has 2 heteroatoms. The van der Waals surface area contributed by atoms with Crippen LogP contribution in [0.1, 0.15) is 0 Å². The van der Waals surface area contributed by atoms with Crippen molar-refractivity contribution in [2.45, 2.75) is 0 Å². The topological polar surface area (TPSA) is 8.17 Å². The van der Waals surface area contributed by atoms with Gasteiger partial charge in [-0.3, -0.25) is 0 Å². The van der Waals surface area contributed by atoms with Gasteiger partial charge in [-0.2, -0.15) is 0 Å². The van der Waals surface area contributed by atoms with Gasteiger partial charge in [-0.1, -0.05) is 158 Å². The number of aromatic nitrogens is 1. The monoisotopic (exact) mass is 738 g/mol. The van der Waals surface area contributed by atoms with Crippen molar-refractivity contribution in [1.29, 1.82) is 0 Å². The molecule has 2 nitrogen and oxygen atoms in total. The van der Waals surface area contributed by atoms with E-state index in [1.165, 1.54) is 60.1 Å². The average Bonchev–Trinajstić information content (AvgIpc) is 3.64. The first kappa shape index (κ1) is 33.6. The van der Waals surface area contributed by atoms with Crippen LogP contribution in [-0.2, 0) is 0 Å². The highest BCUT2D eigenvalue weighted by Crippen LogP contribution is 2.46. The molecule has 0 radical (unpaired) electrons.